The van der Waals surface area contributed by atoms with Crippen LogP contribution in [-0.4, -0.2) is 25.0 Å². The maximum absolute atomic E-state index is 12.5. The molecule has 1 N–H and O–H groups in total. The molecule has 31 heavy (non-hydrogen) atoms. The smallest absolute Gasteiger partial charge is 0.326 e. The number of carbonyl (C=O) groups is 2. The second-order valence-electron chi connectivity index (χ2n) is 7.10. The number of amides is 1. The van der Waals surface area contributed by atoms with Gasteiger partial charge in [-0.3, -0.25) is 9.59 Å². The first-order valence-corrected chi connectivity index (χ1v) is 10.5. The summed E-state index contributed by atoms with van der Waals surface area (Å²) in [5, 5.41) is 2.62. The second-order valence-corrected chi connectivity index (χ2v) is 7.10. The van der Waals surface area contributed by atoms with Gasteiger partial charge in [0.2, 0.25) is 0 Å². The molecular formula is C26H27NO4. The second kappa shape index (κ2) is 11.6. The number of benzene rings is 3. The van der Waals surface area contributed by atoms with E-state index in [1.165, 1.54) is 0 Å². The molecule has 0 aromatic heterocycles. The van der Waals surface area contributed by atoms with Gasteiger partial charge in [0, 0.05) is 5.56 Å². The average Bonchev–Trinajstić information content (AvgIpc) is 2.83. The molecule has 1 amide bonds. The van der Waals surface area contributed by atoms with Crippen LogP contribution >= 0.6 is 0 Å². The van der Waals surface area contributed by atoms with Gasteiger partial charge in [-0.25, -0.2) is 0 Å². The highest BCUT2D eigenvalue weighted by molar-refractivity contribution is 5.96. The van der Waals surface area contributed by atoms with Gasteiger partial charge < -0.3 is 14.8 Å². The molecule has 0 saturated heterocycles. The fourth-order valence-electron chi connectivity index (χ4n) is 3.05. The molecule has 3 rings (SSSR count). The van der Waals surface area contributed by atoms with Crippen molar-refractivity contribution in [2.75, 3.05) is 13.2 Å². The summed E-state index contributed by atoms with van der Waals surface area (Å²) >= 11 is 0. The molecule has 3 aromatic carbocycles. The van der Waals surface area contributed by atoms with Crippen LogP contribution in [-0.2, 0) is 9.53 Å². The molecule has 0 bridgehead atoms. The lowest BCUT2D eigenvalue weighted by molar-refractivity contribution is -0.146. The Kier molecular flexibility index (Phi) is 8.23. The predicted octanol–water partition coefficient (Wildman–Crippen LogP) is 4.93. The Bertz CT molecular complexity index is 916. The monoisotopic (exact) mass is 417 g/mol. The topological polar surface area (TPSA) is 64.6 Å². The molecule has 160 valence electrons. The van der Waals surface area contributed by atoms with E-state index < -0.39 is 12.1 Å². The molecule has 3 aromatic rings. The van der Waals surface area contributed by atoms with Crippen molar-refractivity contribution >= 4 is 11.9 Å². The van der Waals surface area contributed by atoms with Crippen LogP contribution in [0.2, 0.25) is 0 Å². The van der Waals surface area contributed by atoms with Gasteiger partial charge in [0.25, 0.3) is 5.91 Å². The number of unbranched alkanes of at least 4 members (excludes halogenated alkanes) is 1. The lowest BCUT2D eigenvalue weighted by Crippen LogP contribution is -2.31. The number of nitrogens with one attached hydrogen (secondary N) is 1. The number of carbonyl (C=O) groups excluding carboxylic acids is 2. The lowest BCUT2D eigenvalue weighted by Gasteiger charge is -2.19. The highest BCUT2D eigenvalue weighted by atomic mass is 16.5. The van der Waals surface area contributed by atoms with E-state index in [1.54, 1.807) is 24.3 Å². The van der Waals surface area contributed by atoms with Crippen molar-refractivity contribution in [3.8, 4) is 5.75 Å². The van der Waals surface area contributed by atoms with Crippen molar-refractivity contribution in [2.24, 2.45) is 0 Å². The summed E-state index contributed by atoms with van der Waals surface area (Å²) in [6, 6.07) is 25.9. The van der Waals surface area contributed by atoms with Gasteiger partial charge in [0.1, 0.15) is 12.3 Å². The van der Waals surface area contributed by atoms with E-state index in [1.807, 2.05) is 60.7 Å². The van der Waals surface area contributed by atoms with Crippen LogP contribution in [0, 0.1) is 0 Å². The van der Waals surface area contributed by atoms with Crippen LogP contribution in [0.4, 0.5) is 0 Å². The van der Waals surface area contributed by atoms with Gasteiger partial charge in [-0.05, 0) is 41.8 Å². The summed E-state index contributed by atoms with van der Waals surface area (Å²) in [4.78, 5) is 24.9. The molecule has 0 fully saturated rings. The maximum atomic E-state index is 12.5. The SMILES string of the molecule is CCCCOc1ccc(C(=O)NCC(=O)OC(c2ccccc2)c2ccccc2)cc1. The minimum Gasteiger partial charge on any atom is -0.494 e. The fraction of sp³-hybridized carbons (Fsp3) is 0.231. The van der Waals surface area contributed by atoms with Crippen LogP contribution in [0.3, 0.4) is 0 Å². The Hall–Kier alpha value is -3.60. The number of ether oxygens (including phenoxy) is 2. The molecule has 0 unspecified atom stereocenters. The quantitative estimate of drug-likeness (QED) is 0.375. The van der Waals surface area contributed by atoms with E-state index in [9.17, 15) is 9.59 Å². The van der Waals surface area contributed by atoms with Crippen molar-refractivity contribution in [3.63, 3.8) is 0 Å². The van der Waals surface area contributed by atoms with Crippen molar-refractivity contribution in [2.45, 2.75) is 25.9 Å². The summed E-state index contributed by atoms with van der Waals surface area (Å²) in [6.07, 6.45) is 1.51. The number of esters is 1. The third-order valence-corrected chi connectivity index (χ3v) is 4.73. The summed E-state index contributed by atoms with van der Waals surface area (Å²) in [5.41, 5.74) is 2.19. The largest absolute Gasteiger partial charge is 0.494 e. The summed E-state index contributed by atoms with van der Waals surface area (Å²) in [7, 11) is 0. The molecule has 5 nitrogen and oxygen atoms in total. The minimum atomic E-state index is -0.536. The number of rotatable bonds is 10. The number of hydrogen-bond acceptors (Lipinski definition) is 4. The van der Waals surface area contributed by atoms with E-state index in [-0.39, 0.29) is 12.5 Å². The van der Waals surface area contributed by atoms with Crippen molar-refractivity contribution in [1.82, 2.24) is 5.32 Å². The Labute approximate surface area is 183 Å². The Balaban J connectivity index is 1.57. The van der Waals surface area contributed by atoms with Crippen LogP contribution in [0.1, 0.15) is 47.4 Å². The van der Waals surface area contributed by atoms with E-state index in [4.69, 9.17) is 9.47 Å². The van der Waals surface area contributed by atoms with Crippen LogP contribution in [0.5, 0.6) is 5.75 Å². The Morgan fingerprint density at radius 3 is 1.97 bits per heavy atom. The molecule has 0 radical (unpaired) electrons. The number of hydrogen-bond donors (Lipinski definition) is 1. The first-order valence-electron chi connectivity index (χ1n) is 10.5. The molecule has 0 aliphatic heterocycles. The fourth-order valence-corrected chi connectivity index (χ4v) is 3.05. The van der Waals surface area contributed by atoms with Gasteiger partial charge in [-0.15, -0.1) is 0 Å². The Morgan fingerprint density at radius 2 is 1.42 bits per heavy atom. The third kappa shape index (κ3) is 6.71. The van der Waals surface area contributed by atoms with Gasteiger partial charge in [-0.1, -0.05) is 74.0 Å². The molecule has 5 heteroatoms. The molecular weight excluding hydrogens is 390 g/mol. The van der Waals surface area contributed by atoms with E-state index in [0.29, 0.717) is 12.2 Å². The average molecular weight is 418 g/mol. The van der Waals surface area contributed by atoms with E-state index in [0.717, 1.165) is 29.7 Å². The normalized spacial score (nSPS) is 10.5. The summed E-state index contributed by atoms with van der Waals surface area (Å²) in [5.74, 6) is -0.128. The minimum absolute atomic E-state index is 0.219. The zero-order valence-corrected chi connectivity index (χ0v) is 17.6. The van der Waals surface area contributed by atoms with Crippen LogP contribution < -0.4 is 10.1 Å². The van der Waals surface area contributed by atoms with Gasteiger partial charge in [0.05, 0.1) is 6.61 Å². The van der Waals surface area contributed by atoms with E-state index in [2.05, 4.69) is 12.2 Å². The maximum Gasteiger partial charge on any atom is 0.326 e. The summed E-state index contributed by atoms with van der Waals surface area (Å²) in [6.45, 7) is 2.53. The highest BCUT2D eigenvalue weighted by Gasteiger charge is 2.19. The molecule has 0 saturated carbocycles. The van der Waals surface area contributed by atoms with Crippen LogP contribution in [0.15, 0.2) is 84.9 Å². The summed E-state index contributed by atoms with van der Waals surface area (Å²) < 4.78 is 11.3. The molecule has 0 aliphatic rings. The molecule has 0 spiro atoms. The molecule has 0 heterocycles. The van der Waals surface area contributed by atoms with Crippen LogP contribution in [0.25, 0.3) is 0 Å². The Morgan fingerprint density at radius 1 is 0.839 bits per heavy atom. The van der Waals surface area contributed by atoms with Gasteiger partial charge >= 0.3 is 5.97 Å². The zero-order valence-electron chi connectivity index (χ0n) is 17.6. The van der Waals surface area contributed by atoms with Crippen molar-refractivity contribution < 1.29 is 19.1 Å². The molecule has 0 aliphatic carbocycles. The van der Waals surface area contributed by atoms with Gasteiger partial charge in [0.15, 0.2) is 6.10 Å². The highest BCUT2D eigenvalue weighted by Crippen LogP contribution is 2.25. The predicted molar refractivity (Wildman–Crippen MR) is 120 cm³/mol. The lowest BCUT2D eigenvalue weighted by atomic mass is 10.0. The first-order chi connectivity index (χ1) is 15.2. The first kappa shape index (κ1) is 22.1. The van der Waals surface area contributed by atoms with E-state index >= 15 is 0 Å². The standard InChI is InChI=1S/C26H27NO4/c1-2-3-18-30-23-16-14-22(15-17-23)26(29)27-19-24(28)31-25(20-10-6-4-7-11-20)21-12-8-5-9-13-21/h4-17,25H,2-3,18-19H2,1H3,(H,27,29). The van der Waals surface area contributed by atoms with Crippen molar-refractivity contribution in [1.29, 1.82) is 0 Å². The zero-order chi connectivity index (χ0) is 21.9. The van der Waals surface area contributed by atoms with Gasteiger partial charge in [-0.2, -0.15) is 0 Å². The third-order valence-electron chi connectivity index (χ3n) is 4.73. The molecule has 0 atom stereocenters. The van der Waals surface area contributed by atoms with Crippen molar-refractivity contribution in [3.05, 3.63) is 102 Å².